The Bertz CT molecular complexity index is 284. The average Bonchev–Trinajstić information content (AvgIpc) is 2.03. The number of rotatable bonds is 1. The van der Waals surface area contributed by atoms with Crippen LogP contribution in [0.15, 0.2) is 19.0 Å². The van der Waals surface area contributed by atoms with Crippen LogP contribution in [0, 0.1) is 0 Å². The molecule has 0 N–H and O–H groups in total. The molecular weight excluding hydrogens is 148 g/mol. The molecule has 1 aromatic heterocycles. The fourth-order valence-electron chi connectivity index (χ4n) is 1.08. The van der Waals surface area contributed by atoms with E-state index in [0.717, 1.165) is 11.4 Å². The summed E-state index contributed by atoms with van der Waals surface area (Å²) < 4.78 is 0. The van der Waals surface area contributed by atoms with Gasteiger partial charge >= 0.3 is 0 Å². The van der Waals surface area contributed by atoms with Crippen molar-refractivity contribution in [3.8, 4) is 0 Å². The van der Waals surface area contributed by atoms with Gasteiger partial charge in [0.1, 0.15) is 0 Å². The maximum atomic E-state index is 4.29. The molecule has 0 aliphatic rings. The normalized spacial score (nSPS) is 11.2. The van der Waals surface area contributed by atoms with E-state index in [4.69, 9.17) is 0 Å². The van der Waals surface area contributed by atoms with Crippen molar-refractivity contribution in [2.75, 3.05) is 0 Å². The van der Waals surface area contributed by atoms with Crippen LogP contribution in [0.5, 0.6) is 0 Å². The minimum Gasteiger partial charge on any atom is -0.257 e. The van der Waals surface area contributed by atoms with Gasteiger partial charge in [-0.3, -0.25) is 9.97 Å². The van der Waals surface area contributed by atoms with Gasteiger partial charge < -0.3 is 0 Å². The monoisotopic (exact) mass is 162 g/mol. The standard InChI is InChI=1S/C10H14N2/c1-5-8-9(10(2,3)4)12-7-6-11-8/h5-7H,1H2,2-4H3. The predicted octanol–water partition coefficient (Wildman–Crippen LogP) is 2.42. The Morgan fingerprint density at radius 1 is 1.25 bits per heavy atom. The van der Waals surface area contributed by atoms with Gasteiger partial charge in [-0.05, 0) is 6.08 Å². The van der Waals surface area contributed by atoms with Crippen LogP contribution in [0.3, 0.4) is 0 Å². The molecule has 2 heteroatoms. The molecule has 1 heterocycles. The maximum Gasteiger partial charge on any atom is 0.0844 e. The molecule has 0 saturated carbocycles. The molecule has 12 heavy (non-hydrogen) atoms. The number of hydrogen-bond acceptors (Lipinski definition) is 2. The van der Waals surface area contributed by atoms with Crippen molar-refractivity contribution in [1.82, 2.24) is 9.97 Å². The van der Waals surface area contributed by atoms with Crippen LogP contribution in [-0.4, -0.2) is 9.97 Å². The smallest absolute Gasteiger partial charge is 0.0844 e. The second kappa shape index (κ2) is 3.05. The van der Waals surface area contributed by atoms with Gasteiger partial charge in [-0.15, -0.1) is 0 Å². The molecule has 0 bridgehead atoms. The summed E-state index contributed by atoms with van der Waals surface area (Å²) in [6.45, 7) is 10.0. The van der Waals surface area contributed by atoms with Gasteiger partial charge in [0, 0.05) is 17.8 Å². The summed E-state index contributed by atoms with van der Waals surface area (Å²) in [7, 11) is 0. The lowest BCUT2D eigenvalue weighted by Crippen LogP contribution is -2.15. The van der Waals surface area contributed by atoms with Crippen LogP contribution in [0.25, 0.3) is 6.08 Å². The average molecular weight is 162 g/mol. The summed E-state index contributed by atoms with van der Waals surface area (Å²) in [5.41, 5.74) is 1.92. The van der Waals surface area contributed by atoms with Crippen molar-refractivity contribution in [3.05, 3.63) is 30.4 Å². The Balaban J connectivity index is 3.23. The molecule has 0 atom stereocenters. The maximum absolute atomic E-state index is 4.29. The van der Waals surface area contributed by atoms with E-state index in [1.807, 2.05) is 0 Å². The quantitative estimate of drug-likeness (QED) is 0.633. The lowest BCUT2D eigenvalue weighted by molar-refractivity contribution is 0.563. The van der Waals surface area contributed by atoms with Crippen LogP contribution >= 0.6 is 0 Å². The van der Waals surface area contributed by atoms with Crippen molar-refractivity contribution < 1.29 is 0 Å². The fourth-order valence-corrected chi connectivity index (χ4v) is 1.08. The topological polar surface area (TPSA) is 25.8 Å². The molecule has 0 aliphatic carbocycles. The van der Waals surface area contributed by atoms with Crippen molar-refractivity contribution >= 4 is 6.08 Å². The van der Waals surface area contributed by atoms with Gasteiger partial charge in [-0.1, -0.05) is 27.4 Å². The van der Waals surface area contributed by atoms with E-state index in [1.54, 1.807) is 18.5 Å². The third-order valence-corrected chi connectivity index (χ3v) is 1.63. The van der Waals surface area contributed by atoms with Crippen LogP contribution in [0.4, 0.5) is 0 Å². The summed E-state index contributed by atoms with van der Waals surface area (Å²) in [4.78, 5) is 8.47. The van der Waals surface area contributed by atoms with Crippen LogP contribution in [0.2, 0.25) is 0 Å². The first-order valence-corrected chi connectivity index (χ1v) is 3.99. The predicted molar refractivity (Wildman–Crippen MR) is 50.8 cm³/mol. The second-order valence-electron chi connectivity index (χ2n) is 3.74. The lowest BCUT2D eigenvalue weighted by atomic mass is 9.90. The fraction of sp³-hybridized carbons (Fsp3) is 0.400. The Labute approximate surface area is 73.4 Å². The minimum atomic E-state index is 0.0395. The van der Waals surface area contributed by atoms with Crippen LogP contribution < -0.4 is 0 Å². The third-order valence-electron chi connectivity index (χ3n) is 1.63. The van der Waals surface area contributed by atoms with Crippen LogP contribution in [-0.2, 0) is 5.41 Å². The summed E-state index contributed by atoms with van der Waals surface area (Å²) in [6.07, 6.45) is 5.15. The Morgan fingerprint density at radius 2 is 1.83 bits per heavy atom. The van der Waals surface area contributed by atoms with Gasteiger partial charge in [0.2, 0.25) is 0 Å². The first-order valence-electron chi connectivity index (χ1n) is 3.99. The molecule has 2 nitrogen and oxygen atoms in total. The van der Waals surface area contributed by atoms with E-state index in [2.05, 4.69) is 37.3 Å². The molecule has 0 saturated heterocycles. The first kappa shape index (κ1) is 8.91. The zero-order chi connectivity index (χ0) is 9.19. The van der Waals surface area contributed by atoms with E-state index in [-0.39, 0.29) is 5.41 Å². The molecular formula is C10H14N2. The highest BCUT2D eigenvalue weighted by molar-refractivity contribution is 5.46. The molecule has 1 aromatic rings. The van der Waals surface area contributed by atoms with E-state index in [0.29, 0.717) is 0 Å². The Kier molecular flexibility index (Phi) is 2.27. The van der Waals surface area contributed by atoms with Gasteiger partial charge in [0.05, 0.1) is 11.4 Å². The Morgan fingerprint density at radius 3 is 2.25 bits per heavy atom. The molecule has 0 aliphatic heterocycles. The molecule has 0 radical (unpaired) electrons. The van der Waals surface area contributed by atoms with Gasteiger partial charge in [-0.2, -0.15) is 0 Å². The SMILES string of the molecule is C=Cc1nccnc1C(C)(C)C. The second-order valence-corrected chi connectivity index (χ2v) is 3.74. The van der Waals surface area contributed by atoms with Crippen molar-refractivity contribution in [2.24, 2.45) is 0 Å². The molecule has 1 rings (SSSR count). The zero-order valence-corrected chi connectivity index (χ0v) is 7.83. The lowest BCUT2D eigenvalue weighted by Gasteiger charge is -2.18. The molecule has 0 spiro atoms. The summed E-state index contributed by atoms with van der Waals surface area (Å²) in [5.74, 6) is 0. The highest BCUT2D eigenvalue weighted by Crippen LogP contribution is 2.22. The number of aromatic nitrogens is 2. The highest BCUT2D eigenvalue weighted by Gasteiger charge is 2.18. The number of hydrogen-bond donors (Lipinski definition) is 0. The van der Waals surface area contributed by atoms with Crippen molar-refractivity contribution in [3.63, 3.8) is 0 Å². The highest BCUT2D eigenvalue weighted by atomic mass is 14.8. The molecule has 64 valence electrons. The Hall–Kier alpha value is -1.18. The van der Waals surface area contributed by atoms with Gasteiger partial charge in [0.25, 0.3) is 0 Å². The third kappa shape index (κ3) is 1.70. The largest absolute Gasteiger partial charge is 0.257 e. The number of nitrogens with zero attached hydrogens (tertiary/aromatic N) is 2. The van der Waals surface area contributed by atoms with Crippen LogP contribution in [0.1, 0.15) is 32.2 Å². The first-order chi connectivity index (χ1) is 5.55. The molecule has 0 fully saturated rings. The van der Waals surface area contributed by atoms with E-state index in [9.17, 15) is 0 Å². The molecule has 0 amide bonds. The summed E-state index contributed by atoms with van der Waals surface area (Å²) in [5, 5.41) is 0. The molecule has 0 aromatic carbocycles. The minimum absolute atomic E-state index is 0.0395. The van der Waals surface area contributed by atoms with E-state index < -0.39 is 0 Å². The summed E-state index contributed by atoms with van der Waals surface area (Å²) in [6, 6.07) is 0. The van der Waals surface area contributed by atoms with E-state index in [1.165, 1.54) is 0 Å². The van der Waals surface area contributed by atoms with Gasteiger partial charge in [0.15, 0.2) is 0 Å². The van der Waals surface area contributed by atoms with Gasteiger partial charge in [-0.25, -0.2) is 0 Å². The summed E-state index contributed by atoms with van der Waals surface area (Å²) >= 11 is 0. The van der Waals surface area contributed by atoms with Crippen molar-refractivity contribution in [1.29, 1.82) is 0 Å². The zero-order valence-electron chi connectivity index (χ0n) is 7.83. The van der Waals surface area contributed by atoms with Crippen molar-refractivity contribution in [2.45, 2.75) is 26.2 Å². The molecule has 0 unspecified atom stereocenters. The van der Waals surface area contributed by atoms with E-state index >= 15 is 0 Å².